The van der Waals surface area contributed by atoms with Crippen LogP contribution in [0, 0.1) is 6.92 Å². The summed E-state index contributed by atoms with van der Waals surface area (Å²) >= 11 is 0. The summed E-state index contributed by atoms with van der Waals surface area (Å²) in [6.07, 6.45) is 11.3. The molecule has 0 aromatic heterocycles. The van der Waals surface area contributed by atoms with E-state index in [0.717, 1.165) is 12.3 Å². The molecule has 5 rings (SSSR count). The zero-order valence-electron chi connectivity index (χ0n) is 19.9. The molecule has 0 aliphatic heterocycles. The molecule has 3 aromatic carbocycles. The minimum atomic E-state index is -0.103. The molecule has 0 radical (unpaired) electrons. The van der Waals surface area contributed by atoms with E-state index in [0.29, 0.717) is 5.92 Å². The molecule has 1 saturated carbocycles. The molecule has 0 bridgehead atoms. The Hall–Kier alpha value is -2.93. The van der Waals surface area contributed by atoms with Gasteiger partial charge in [-0.25, -0.2) is 0 Å². The van der Waals surface area contributed by atoms with Crippen LogP contribution >= 0.6 is 0 Å². The van der Waals surface area contributed by atoms with Crippen LogP contribution in [0.3, 0.4) is 0 Å². The first kappa shape index (κ1) is 21.9. The summed E-state index contributed by atoms with van der Waals surface area (Å²) in [5.41, 5.74) is 8.96. The third-order valence-corrected chi connectivity index (χ3v) is 7.83. The number of fused-ring (bicyclic) bond motifs is 1. The SMILES string of the molecule is Cc1ccc(CC2C(=O)C=Cc3ccc(C(C)c4ccc(C5CCCCC5)cc4)cc32)cc1. The Labute approximate surface area is 198 Å². The first-order valence-corrected chi connectivity index (χ1v) is 12.6. The minimum absolute atomic E-state index is 0.103. The number of benzene rings is 3. The van der Waals surface area contributed by atoms with Crippen molar-refractivity contribution in [2.75, 3.05) is 0 Å². The molecule has 2 aliphatic rings. The second-order valence-corrected chi connectivity index (χ2v) is 10.1. The van der Waals surface area contributed by atoms with Crippen molar-refractivity contribution < 1.29 is 4.79 Å². The smallest absolute Gasteiger partial charge is 0.163 e. The molecular weight excluding hydrogens is 400 g/mol. The van der Waals surface area contributed by atoms with Crippen molar-refractivity contribution in [3.05, 3.63) is 112 Å². The summed E-state index contributed by atoms with van der Waals surface area (Å²) in [4.78, 5) is 12.9. The van der Waals surface area contributed by atoms with E-state index in [1.807, 2.05) is 6.08 Å². The molecule has 2 aliphatic carbocycles. The van der Waals surface area contributed by atoms with Crippen molar-refractivity contribution in [2.24, 2.45) is 0 Å². The predicted octanol–water partition coefficient (Wildman–Crippen LogP) is 8.12. The average Bonchev–Trinajstić information content (AvgIpc) is 2.87. The lowest BCUT2D eigenvalue weighted by molar-refractivity contribution is -0.116. The van der Waals surface area contributed by atoms with Gasteiger partial charge in [-0.2, -0.15) is 0 Å². The van der Waals surface area contributed by atoms with Crippen LogP contribution in [0.25, 0.3) is 6.08 Å². The van der Waals surface area contributed by atoms with Gasteiger partial charge < -0.3 is 0 Å². The number of hydrogen-bond acceptors (Lipinski definition) is 1. The summed E-state index contributed by atoms with van der Waals surface area (Å²) in [7, 11) is 0. The summed E-state index contributed by atoms with van der Waals surface area (Å²) in [6.45, 7) is 4.38. The van der Waals surface area contributed by atoms with E-state index >= 15 is 0 Å². The van der Waals surface area contributed by atoms with Gasteiger partial charge in [0.1, 0.15) is 0 Å². The number of aryl methyl sites for hydroxylation is 1. The largest absolute Gasteiger partial charge is 0.294 e. The quantitative estimate of drug-likeness (QED) is 0.396. The molecule has 2 atom stereocenters. The highest BCUT2D eigenvalue weighted by Gasteiger charge is 2.26. The fraction of sp³-hybridized carbons (Fsp3) is 0.344. The summed E-state index contributed by atoms with van der Waals surface area (Å²) in [5.74, 6) is 1.15. The molecule has 0 N–H and O–H groups in total. The van der Waals surface area contributed by atoms with Gasteiger partial charge in [0.25, 0.3) is 0 Å². The Kier molecular flexibility index (Phi) is 6.31. The van der Waals surface area contributed by atoms with Crippen LogP contribution in [-0.2, 0) is 11.2 Å². The van der Waals surface area contributed by atoms with Crippen molar-refractivity contribution >= 4 is 11.9 Å². The Balaban J connectivity index is 1.39. The molecule has 1 heteroatoms. The van der Waals surface area contributed by atoms with Crippen LogP contribution in [0.1, 0.15) is 95.7 Å². The van der Waals surface area contributed by atoms with Gasteiger partial charge in [0.05, 0.1) is 5.92 Å². The van der Waals surface area contributed by atoms with Gasteiger partial charge >= 0.3 is 0 Å². The van der Waals surface area contributed by atoms with Gasteiger partial charge in [-0.1, -0.05) is 105 Å². The molecule has 0 spiro atoms. The topological polar surface area (TPSA) is 17.1 Å². The van der Waals surface area contributed by atoms with Crippen LogP contribution in [-0.4, -0.2) is 5.78 Å². The minimum Gasteiger partial charge on any atom is -0.294 e. The maximum absolute atomic E-state index is 12.9. The van der Waals surface area contributed by atoms with Crippen LogP contribution in [0.2, 0.25) is 0 Å². The Morgan fingerprint density at radius 3 is 2.24 bits per heavy atom. The van der Waals surface area contributed by atoms with Crippen molar-refractivity contribution in [2.45, 2.75) is 70.1 Å². The first-order valence-electron chi connectivity index (χ1n) is 12.6. The van der Waals surface area contributed by atoms with E-state index in [1.165, 1.54) is 71.0 Å². The third-order valence-electron chi connectivity index (χ3n) is 7.83. The third kappa shape index (κ3) is 4.74. The van der Waals surface area contributed by atoms with Gasteiger partial charge in [-0.3, -0.25) is 4.79 Å². The predicted molar refractivity (Wildman–Crippen MR) is 138 cm³/mol. The molecule has 1 nitrogen and oxygen atoms in total. The fourth-order valence-electron chi connectivity index (χ4n) is 5.61. The van der Waals surface area contributed by atoms with Crippen LogP contribution in [0.4, 0.5) is 0 Å². The van der Waals surface area contributed by atoms with Crippen LogP contribution in [0.15, 0.2) is 72.8 Å². The molecule has 168 valence electrons. The lowest BCUT2D eigenvalue weighted by Gasteiger charge is -2.24. The Morgan fingerprint density at radius 1 is 0.818 bits per heavy atom. The van der Waals surface area contributed by atoms with E-state index in [-0.39, 0.29) is 11.7 Å². The van der Waals surface area contributed by atoms with Gasteiger partial charge in [0.2, 0.25) is 0 Å². The number of hydrogen-bond donors (Lipinski definition) is 0. The maximum Gasteiger partial charge on any atom is 0.163 e. The van der Waals surface area contributed by atoms with Crippen molar-refractivity contribution in [3.63, 3.8) is 0 Å². The van der Waals surface area contributed by atoms with Gasteiger partial charge in [-0.05, 0) is 71.6 Å². The first-order chi connectivity index (χ1) is 16.1. The van der Waals surface area contributed by atoms with E-state index in [9.17, 15) is 4.79 Å². The maximum atomic E-state index is 12.9. The normalized spacial score (nSPS) is 19.3. The molecule has 3 aromatic rings. The zero-order chi connectivity index (χ0) is 22.8. The van der Waals surface area contributed by atoms with Crippen molar-refractivity contribution in [1.82, 2.24) is 0 Å². The second-order valence-electron chi connectivity index (χ2n) is 10.1. The molecule has 1 fully saturated rings. The highest BCUT2D eigenvalue weighted by Crippen LogP contribution is 2.36. The number of allylic oxidation sites excluding steroid dienone is 1. The number of rotatable bonds is 5. The van der Waals surface area contributed by atoms with Crippen molar-refractivity contribution in [3.8, 4) is 0 Å². The number of carbonyl (C=O) groups excluding carboxylic acids is 1. The zero-order valence-corrected chi connectivity index (χ0v) is 19.9. The second kappa shape index (κ2) is 9.51. The van der Waals surface area contributed by atoms with E-state index in [4.69, 9.17) is 0 Å². The monoisotopic (exact) mass is 434 g/mol. The summed E-state index contributed by atoms with van der Waals surface area (Å²) < 4.78 is 0. The molecule has 0 amide bonds. The fourth-order valence-corrected chi connectivity index (χ4v) is 5.61. The van der Waals surface area contributed by atoms with Crippen molar-refractivity contribution in [1.29, 1.82) is 0 Å². The van der Waals surface area contributed by atoms with Gasteiger partial charge in [0, 0.05) is 5.92 Å². The van der Waals surface area contributed by atoms with E-state index in [2.05, 4.69) is 80.6 Å². The van der Waals surface area contributed by atoms with E-state index < -0.39 is 0 Å². The lowest BCUT2D eigenvalue weighted by Crippen LogP contribution is -2.18. The molecule has 2 unspecified atom stereocenters. The summed E-state index contributed by atoms with van der Waals surface area (Å²) in [5, 5.41) is 0. The van der Waals surface area contributed by atoms with Gasteiger partial charge in [0.15, 0.2) is 5.78 Å². The van der Waals surface area contributed by atoms with Crippen LogP contribution < -0.4 is 0 Å². The molecule has 0 heterocycles. The number of ketones is 1. The summed E-state index contributed by atoms with van der Waals surface area (Å²) in [6, 6.07) is 24.6. The lowest BCUT2D eigenvalue weighted by atomic mass is 9.79. The number of carbonyl (C=O) groups is 1. The molecule has 0 saturated heterocycles. The Morgan fingerprint density at radius 2 is 1.52 bits per heavy atom. The highest BCUT2D eigenvalue weighted by atomic mass is 16.1. The molecular formula is C32H34O. The standard InChI is InChI=1S/C32H34O/c1-22-8-10-24(11-9-22)20-31-30-21-29(17-16-28(30)18-19-32(31)33)23(2)25-12-14-27(15-13-25)26-6-4-3-5-7-26/h8-19,21,23,26,31H,3-7,20H2,1-2H3. The molecule has 33 heavy (non-hydrogen) atoms. The Bertz CT molecular complexity index is 1140. The average molecular weight is 435 g/mol. The highest BCUT2D eigenvalue weighted by molar-refractivity contribution is 6.02. The van der Waals surface area contributed by atoms with Gasteiger partial charge in [-0.15, -0.1) is 0 Å². The van der Waals surface area contributed by atoms with E-state index in [1.54, 1.807) is 6.08 Å². The van der Waals surface area contributed by atoms with Crippen LogP contribution in [0.5, 0.6) is 0 Å².